The SMILES string of the molecule is C=C(CCl)C(=O)C(C(=O)OC(C)(C)C)N(C)C. The molecule has 0 heterocycles. The number of halogens is 1. The highest BCUT2D eigenvalue weighted by atomic mass is 35.5. The van der Waals surface area contributed by atoms with E-state index >= 15 is 0 Å². The van der Waals surface area contributed by atoms with Crippen LogP contribution >= 0.6 is 11.6 Å². The molecule has 0 aliphatic carbocycles. The summed E-state index contributed by atoms with van der Waals surface area (Å²) < 4.78 is 5.19. The maximum atomic E-state index is 11.9. The number of ether oxygens (including phenoxy) is 1. The summed E-state index contributed by atoms with van der Waals surface area (Å²) in [5, 5.41) is 0. The third-order valence-electron chi connectivity index (χ3n) is 1.90. The first-order valence-corrected chi connectivity index (χ1v) is 5.81. The highest BCUT2D eigenvalue weighted by molar-refractivity contribution is 6.24. The van der Waals surface area contributed by atoms with Gasteiger partial charge in [0.05, 0.1) is 5.88 Å². The van der Waals surface area contributed by atoms with Gasteiger partial charge in [-0.05, 0) is 34.9 Å². The number of rotatable bonds is 5. The summed E-state index contributed by atoms with van der Waals surface area (Å²) in [5.74, 6) is -0.982. The Morgan fingerprint density at radius 1 is 1.35 bits per heavy atom. The van der Waals surface area contributed by atoms with E-state index in [2.05, 4.69) is 6.58 Å². The predicted molar refractivity (Wildman–Crippen MR) is 68.2 cm³/mol. The van der Waals surface area contributed by atoms with Gasteiger partial charge in [0.15, 0.2) is 11.8 Å². The van der Waals surface area contributed by atoms with Crippen LogP contribution in [0, 0.1) is 0 Å². The first-order chi connectivity index (χ1) is 7.60. The highest BCUT2D eigenvalue weighted by Crippen LogP contribution is 2.13. The number of alkyl halides is 1. The van der Waals surface area contributed by atoms with E-state index < -0.39 is 23.4 Å². The lowest BCUT2D eigenvalue weighted by molar-refractivity contribution is -0.161. The van der Waals surface area contributed by atoms with Crippen molar-refractivity contribution in [3.63, 3.8) is 0 Å². The summed E-state index contributed by atoms with van der Waals surface area (Å²) in [6.45, 7) is 8.78. The number of hydrogen-bond donors (Lipinski definition) is 0. The van der Waals surface area contributed by atoms with E-state index in [1.54, 1.807) is 34.9 Å². The molecule has 4 nitrogen and oxygen atoms in total. The molecule has 0 aliphatic heterocycles. The minimum absolute atomic E-state index is 0.00592. The second-order valence-electron chi connectivity index (χ2n) is 5.00. The van der Waals surface area contributed by atoms with Gasteiger partial charge in [-0.2, -0.15) is 0 Å². The summed E-state index contributed by atoms with van der Waals surface area (Å²) in [6.07, 6.45) is 0. The van der Waals surface area contributed by atoms with Crippen LogP contribution in [-0.2, 0) is 14.3 Å². The van der Waals surface area contributed by atoms with Crippen molar-refractivity contribution >= 4 is 23.4 Å². The van der Waals surface area contributed by atoms with Gasteiger partial charge in [0.1, 0.15) is 5.60 Å². The average molecular weight is 262 g/mol. The van der Waals surface area contributed by atoms with E-state index in [9.17, 15) is 9.59 Å². The quantitative estimate of drug-likeness (QED) is 0.327. The van der Waals surface area contributed by atoms with Crippen molar-refractivity contribution in [1.29, 1.82) is 0 Å². The van der Waals surface area contributed by atoms with Crippen LogP contribution in [0.4, 0.5) is 0 Å². The first-order valence-electron chi connectivity index (χ1n) is 5.27. The molecule has 0 rings (SSSR count). The molecule has 5 heteroatoms. The number of Topliss-reactive ketones (excluding diaryl/α,β-unsaturated/α-hetero) is 1. The molecule has 0 aromatic carbocycles. The molecule has 0 N–H and O–H groups in total. The van der Waals surface area contributed by atoms with Crippen molar-refractivity contribution in [2.75, 3.05) is 20.0 Å². The van der Waals surface area contributed by atoms with Gasteiger partial charge >= 0.3 is 5.97 Å². The summed E-state index contributed by atoms with van der Waals surface area (Å²) >= 11 is 5.54. The van der Waals surface area contributed by atoms with Crippen LogP contribution in [0.15, 0.2) is 12.2 Å². The fraction of sp³-hybridized carbons (Fsp3) is 0.667. The zero-order valence-electron chi connectivity index (χ0n) is 11.0. The maximum Gasteiger partial charge on any atom is 0.332 e. The normalized spacial score (nSPS) is 13.4. The highest BCUT2D eigenvalue weighted by Gasteiger charge is 2.33. The Morgan fingerprint density at radius 3 is 2.12 bits per heavy atom. The van der Waals surface area contributed by atoms with E-state index in [1.165, 1.54) is 4.90 Å². The van der Waals surface area contributed by atoms with Crippen LogP contribution in [0.5, 0.6) is 0 Å². The van der Waals surface area contributed by atoms with E-state index in [-0.39, 0.29) is 11.5 Å². The Morgan fingerprint density at radius 2 is 1.82 bits per heavy atom. The zero-order valence-corrected chi connectivity index (χ0v) is 11.8. The lowest BCUT2D eigenvalue weighted by atomic mass is 10.1. The fourth-order valence-electron chi connectivity index (χ4n) is 1.17. The van der Waals surface area contributed by atoms with Crippen molar-refractivity contribution in [2.24, 2.45) is 0 Å². The van der Waals surface area contributed by atoms with Crippen molar-refractivity contribution < 1.29 is 14.3 Å². The largest absolute Gasteiger partial charge is 0.458 e. The molecule has 0 saturated heterocycles. The monoisotopic (exact) mass is 261 g/mol. The molecular weight excluding hydrogens is 242 g/mol. The number of nitrogens with zero attached hydrogens (tertiary/aromatic N) is 1. The number of hydrogen-bond acceptors (Lipinski definition) is 4. The second-order valence-corrected chi connectivity index (χ2v) is 5.27. The molecule has 0 spiro atoms. The van der Waals surface area contributed by atoms with Crippen molar-refractivity contribution in [3.05, 3.63) is 12.2 Å². The standard InChI is InChI=1S/C12H20ClNO3/c1-8(7-13)10(15)9(14(5)6)11(16)17-12(2,3)4/h9H,1,7H2,2-6H3. The molecule has 1 unspecified atom stereocenters. The summed E-state index contributed by atoms with van der Waals surface area (Å²) in [4.78, 5) is 25.3. The Balaban J connectivity index is 4.93. The number of esters is 1. The number of ketones is 1. The minimum atomic E-state index is -0.986. The second kappa shape index (κ2) is 6.17. The van der Waals surface area contributed by atoms with Crippen LogP contribution in [0.25, 0.3) is 0 Å². The van der Waals surface area contributed by atoms with Crippen LogP contribution in [-0.4, -0.2) is 48.3 Å². The van der Waals surface area contributed by atoms with Crippen molar-refractivity contribution in [2.45, 2.75) is 32.4 Å². The van der Waals surface area contributed by atoms with Crippen LogP contribution in [0.2, 0.25) is 0 Å². The summed E-state index contributed by atoms with van der Waals surface area (Å²) in [7, 11) is 3.27. The fourth-order valence-corrected chi connectivity index (χ4v) is 1.30. The number of carbonyl (C=O) groups is 2. The average Bonchev–Trinajstić information content (AvgIpc) is 2.12. The van der Waals surface area contributed by atoms with Gasteiger partial charge in [-0.25, -0.2) is 4.79 Å². The Labute approximate surface area is 108 Å². The summed E-state index contributed by atoms with van der Waals surface area (Å²) in [6, 6.07) is -0.986. The molecular formula is C12H20ClNO3. The Hall–Kier alpha value is -0.870. The molecule has 0 aromatic rings. The molecule has 0 fully saturated rings. The number of likely N-dealkylation sites (N-methyl/N-ethyl adjacent to an activating group) is 1. The lowest BCUT2D eigenvalue weighted by Crippen LogP contribution is -2.46. The lowest BCUT2D eigenvalue weighted by Gasteiger charge is -2.26. The topological polar surface area (TPSA) is 46.6 Å². The summed E-state index contributed by atoms with van der Waals surface area (Å²) in [5.41, 5.74) is -0.426. The Bertz CT molecular complexity index is 318. The molecule has 0 saturated carbocycles. The molecule has 17 heavy (non-hydrogen) atoms. The zero-order chi connectivity index (χ0) is 13.8. The van der Waals surface area contributed by atoms with E-state index in [1.807, 2.05) is 0 Å². The molecule has 0 radical (unpaired) electrons. The van der Waals surface area contributed by atoms with Crippen LogP contribution in [0.3, 0.4) is 0 Å². The van der Waals surface area contributed by atoms with Crippen molar-refractivity contribution in [3.8, 4) is 0 Å². The van der Waals surface area contributed by atoms with Crippen molar-refractivity contribution in [1.82, 2.24) is 4.90 Å². The van der Waals surface area contributed by atoms with E-state index in [0.717, 1.165) is 0 Å². The van der Waals surface area contributed by atoms with E-state index in [0.29, 0.717) is 0 Å². The Kier molecular flexibility index (Phi) is 5.85. The molecule has 0 amide bonds. The van der Waals surface area contributed by atoms with Gasteiger partial charge < -0.3 is 4.74 Å². The molecule has 0 aliphatic rings. The van der Waals surface area contributed by atoms with Gasteiger partial charge in [-0.15, -0.1) is 11.6 Å². The third kappa shape index (κ3) is 5.33. The van der Waals surface area contributed by atoms with Gasteiger partial charge in [-0.3, -0.25) is 9.69 Å². The predicted octanol–water partition coefficient (Wildman–Crippen LogP) is 1.62. The van der Waals surface area contributed by atoms with Gasteiger partial charge in [0.25, 0.3) is 0 Å². The molecule has 98 valence electrons. The van der Waals surface area contributed by atoms with Gasteiger partial charge in [0, 0.05) is 5.57 Å². The van der Waals surface area contributed by atoms with Crippen LogP contribution in [0.1, 0.15) is 20.8 Å². The first kappa shape index (κ1) is 16.1. The van der Waals surface area contributed by atoms with E-state index in [4.69, 9.17) is 16.3 Å². The molecule has 0 bridgehead atoms. The van der Waals surface area contributed by atoms with Gasteiger partial charge in [0.2, 0.25) is 0 Å². The van der Waals surface area contributed by atoms with Crippen LogP contribution < -0.4 is 0 Å². The van der Waals surface area contributed by atoms with Gasteiger partial charge in [-0.1, -0.05) is 6.58 Å². The smallest absolute Gasteiger partial charge is 0.332 e. The minimum Gasteiger partial charge on any atom is -0.458 e. The maximum absolute atomic E-state index is 11.9. The molecule has 0 aromatic heterocycles. The number of carbonyl (C=O) groups excluding carboxylic acids is 2. The third-order valence-corrected chi connectivity index (χ3v) is 2.23. The molecule has 1 atom stereocenters.